The van der Waals surface area contributed by atoms with Gasteiger partial charge in [0, 0.05) is 6.20 Å². The molecule has 112 valence electrons. The molecule has 1 aromatic carbocycles. The number of carbonyl (C=O) groups excluding carboxylic acids is 3. The van der Waals surface area contributed by atoms with Gasteiger partial charge >= 0.3 is 5.97 Å². The van der Waals surface area contributed by atoms with Crippen LogP contribution in [0.1, 0.15) is 27.1 Å². The predicted octanol–water partition coefficient (Wildman–Crippen LogP) is 1.68. The average molecular weight is 320 g/mol. The summed E-state index contributed by atoms with van der Waals surface area (Å²) in [6, 6.07) is 6.29. The topological polar surface area (TPSA) is 81.5 Å². The Morgan fingerprint density at radius 2 is 1.82 bits per heavy atom. The number of aromatic nitrogens is 2. The van der Waals surface area contributed by atoms with Crippen molar-refractivity contribution in [3.05, 3.63) is 52.8 Å². The van der Waals surface area contributed by atoms with Crippen LogP contribution in [0.2, 0.25) is 5.02 Å². The van der Waals surface area contributed by atoms with E-state index in [0.717, 1.165) is 0 Å². The Labute approximate surface area is 130 Å². The highest BCUT2D eigenvalue weighted by molar-refractivity contribution is 6.30. The van der Waals surface area contributed by atoms with Gasteiger partial charge in [-0.25, -0.2) is 4.79 Å². The van der Waals surface area contributed by atoms with Gasteiger partial charge in [-0.3, -0.25) is 14.3 Å². The van der Waals surface area contributed by atoms with Crippen LogP contribution in [-0.2, 0) is 16.2 Å². The van der Waals surface area contributed by atoms with Gasteiger partial charge in [0.15, 0.2) is 0 Å². The summed E-state index contributed by atoms with van der Waals surface area (Å²) in [4.78, 5) is 40.7. The molecule has 0 bridgehead atoms. The van der Waals surface area contributed by atoms with Crippen LogP contribution in [0.4, 0.5) is 0 Å². The van der Waals surface area contributed by atoms with E-state index in [9.17, 15) is 14.4 Å². The molecular formula is C14H10ClN3O4. The minimum atomic E-state index is -0.707. The largest absolute Gasteiger partial charge is 0.335 e. The standard InChI is InChI=1S/C14H10ClN3O4/c15-9-7-16-17(8-9)6-5-12(19)22-18-13(20)10-3-1-2-4-11(10)14(18)21/h1-4,7-8H,5-6H2. The van der Waals surface area contributed by atoms with E-state index in [2.05, 4.69) is 5.10 Å². The summed E-state index contributed by atoms with van der Waals surface area (Å²) >= 11 is 5.71. The number of aryl methyl sites for hydroxylation is 1. The second kappa shape index (κ2) is 5.61. The number of hydroxylamine groups is 2. The lowest BCUT2D eigenvalue weighted by molar-refractivity contribution is -0.168. The van der Waals surface area contributed by atoms with Crippen molar-refractivity contribution in [1.82, 2.24) is 14.8 Å². The Kier molecular flexibility index (Phi) is 3.64. The number of fused-ring (bicyclic) bond motifs is 1. The number of halogens is 1. The van der Waals surface area contributed by atoms with Crippen molar-refractivity contribution in [2.75, 3.05) is 0 Å². The molecule has 0 atom stereocenters. The van der Waals surface area contributed by atoms with Gasteiger partial charge in [0.2, 0.25) is 0 Å². The molecular weight excluding hydrogens is 310 g/mol. The predicted molar refractivity (Wildman–Crippen MR) is 74.9 cm³/mol. The summed E-state index contributed by atoms with van der Waals surface area (Å²) in [5, 5.41) is 4.85. The fourth-order valence-corrected chi connectivity index (χ4v) is 2.22. The van der Waals surface area contributed by atoms with Crippen molar-refractivity contribution in [2.24, 2.45) is 0 Å². The number of hydrogen-bond acceptors (Lipinski definition) is 5. The summed E-state index contributed by atoms with van der Waals surface area (Å²) in [7, 11) is 0. The van der Waals surface area contributed by atoms with Crippen LogP contribution in [0.5, 0.6) is 0 Å². The molecule has 0 unspecified atom stereocenters. The molecule has 2 heterocycles. The molecule has 1 aliphatic heterocycles. The van der Waals surface area contributed by atoms with Crippen molar-refractivity contribution >= 4 is 29.4 Å². The smallest absolute Gasteiger partial charge is 0.330 e. The summed E-state index contributed by atoms with van der Waals surface area (Å²) in [6.07, 6.45) is 2.94. The lowest BCUT2D eigenvalue weighted by Crippen LogP contribution is -2.32. The first-order valence-electron chi connectivity index (χ1n) is 6.43. The number of rotatable bonds is 4. The van der Waals surface area contributed by atoms with Gasteiger partial charge in [0.1, 0.15) is 0 Å². The third kappa shape index (κ3) is 2.58. The quantitative estimate of drug-likeness (QED) is 0.801. The fourth-order valence-electron chi connectivity index (χ4n) is 2.06. The highest BCUT2D eigenvalue weighted by atomic mass is 35.5. The number of carbonyl (C=O) groups is 3. The molecule has 0 saturated heterocycles. The van der Waals surface area contributed by atoms with E-state index < -0.39 is 17.8 Å². The maximum absolute atomic E-state index is 12.0. The molecule has 2 aromatic rings. The van der Waals surface area contributed by atoms with Crippen LogP contribution < -0.4 is 0 Å². The Morgan fingerprint density at radius 3 is 2.36 bits per heavy atom. The van der Waals surface area contributed by atoms with Gasteiger partial charge in [-0.05, 0) is 12.1 Å². The molecule has 0 N–H and O–H groups in total. The van der Waals surface area contributed by atoms with Crippen LogP contribution in [0.3, 0.4) is 0 Å². The maximum atomic E-state index is 12.0. The van der Waals surface area contributed by atoms with E-state index >= 15 is 0 Å². The van der Waals surface area contributed by atoms with E-state index in [4.69, 9.17) is 16.4 Å². The first kappa shape index (κ1) is 14.3. The molecule has 0 spiro atoms. The highest BCUT2D eigenvalue weighted by Crippen LogP contribution is 2.22. The molecule has 0 saturated carbocycles. The zero-order chi connectivity index (χ0) is 15.7. The van der Waals surface area contributed by atoms with Gasteiger partial charge in [-0.1, -0.05) is 28.8 Å². The van der Waals surface area contributed by atoms with Crippen LogP contribution in [0.15, 0.2) is 36.7 Å². The number of amides is 2. The van der Waals surface area contributed by atoms with Gasteiger partial charge in [-0.15, -0.1) is 0 Å². The zero-order valence-corrected chi connectivity index (χ0v) is 12.0. The minimum absolute atomic E-state index is 0.0502. The maximum Gasteiger partial charge on any atom is 0.335 e. The second-order valence-electron chi connectivity index (χ2n) is 4.59. The number of benzene rings is 1. The summed E-state index contributed by atoms with van der Waals surface area (Å²) in [6.45, 7) is 0.231. The van der Waals surface area contributed by atoms with Crippen LogP contribution in [0.25, 0.3) is 0 Å². The lowest BCUT2D eigenvalue weighted by atomic mass is 10.1. The van der Waals surface area contributed by atoms with Crippen molar-refractivity contribution in [2.45, 2.75) is 13.0 Å². The number of nitrogens with zero attached hydrogens (tertiary/aromatic N) is 3. The molecule has 0 aliphatic carbocycles. The normalized spacial score (nSPS) is 13.4. The van der Waals surface area contributed by atoms with Crippen LogP contribution in [-0.4, -0.2) is 32.6 Å². The van der Waals surface area contributed by atoms with Gasteiger partial charge in [0.05, 0.1) is 35.3 Å². The van der Waals surface area contributed by atoms with Crippen LogP contribution in [0, 0.1) is 0 Å². The monoisotopic (exact) mass is 319 g/mol. The Hall–Kier alpha value is -2.67. The molecule has 2 amide bonds. The number of hydrogen-bond donors (Lipinski definition) is 0. The molecule has 0 fully saturated rings. The van der Waals surface area contributed by atoms with E-state index in [1.54, 1.807) is 18.3 Å². The Balaban J connectivity index is 1.63. The van der Waals surface area contributed by atoms with Gasteiger partial charge in [-0.2, -0.15) is 5.10 Å². The SMILES string of the molecule is O=C(CCn1cc(Cl)cn1)ON1C(=O)c2ccccc2C1=O. The van der Waals surface area contributed by atoms with E-state index in [-0.39, 0.29) is 24.1 Å². The van der Waals surface area contributed by atoms with E-state index in [1.807, 2.05) is 0 Å². The third-order valence-electron chi connectivity index (χ3n) is 3.10. The summed E-state index contributed by atoms with van der Waals surface area (Å²) < 4.78 is 1.46. The molecule has 3 rings (SSSR count). The average Bonchev–Trinajstić information content (AvgIpc) is 3.03. The Morgan fingerprint density at radius 1 is 1.18 bits per heavy atom. The Bertz CT molecular complexity index is 736. The molecule has 1 aromatic heterocycles. The molecule has 0 radical (unpaired) electrons. The molecule has 7 nitrogen and oxygen atoms in total. The van der Waals surface area contributed by atoms with E-state index in [0.29, 0.717) is 10.1 Å². The van der Waals surface area contributed by atoms with Crippen molar-refractivity contribution < 1.29 is 19.2 Å². The van der Waals surface area contributed by atoms with Crippen molar-refractivity contribution in [3.63, 3.8) is 0 Å². The van der Waals surface area contributed by atoms with Gasteiger partial charge in [0.25, 0.3) is 11.8 Å². The minimum Gasteiger partial charge on any atom is -0.330 e. The second-order valence-corrected chi connectivity index (χ2v) is 5.02. The van der Waals surface area contributed by atoms with E-state index in [1.165, 1.54) is 23.0 Å². The van der Waals surface area contributed by atoms with Crippen LogP contribution >= 0.6 is 11.6 Å². The zero-order valence-electron chi connectivity index (χ0n) is 11.2. The third-order valence-corrected chi connectivity index (χ3v) is 3.29. The number of imide groups is 1. The summed E-state index contributed by atoms with van der Waals surface area (Å²) in [5.41, 5.74) is 0.443. The van der Waals surface area contributed by atoms with Gasteiger partial charge < -0.3 is 4.84 Å². The van der Waals surface area contributed by atoms with Crippen molar-refractivity contribution in [3.8, 4) is 0 Å². The molecule has 22 heavy (non-hydrogen) atoms. The molecule has 8 heteroatoms. The molecule has 1 aliphatic rings. The fraction of sp³-hybridized carbons (Fsp3) is 0.143. The highest BCUT2D eigenvalue weighted by Gasteiger charge is 2.38. The lowest BCUT2D eigenvalue weighted by Gasteiger charge is -2.12. The first-order chi connectivity index (χ1) is 10.6. The summed E-state index contributed by atoms with van der Waals surface area (Å²) in [5.74, 6) is -1.99. The first-order valence-corrected chi connectivity index (χ1v) is 6.80. The van der Waals surface area contributed by atoms with Crippen molar-refractivity contribution in [1.29, 1.82) is 0 Å².